The van der Waals surface area contributed by atoms with Gasteiger partial charge in [-0.15, -0.1) is 0 Å². The van der Waals surface area contributed by atoms with Crippen LogP contribution in [0.4, 0.5) is 4.39 Å². The molecular formula is C15H11FO2. The summed E-state index contributed by atoms with van der Waals surface area (Å²) in [5, 5.41) is 0. The van der Waals surface area contributed by atoms with Crippen LogP contribution in [-0.4, -0.2) is 12.4 Å². The standard InChI is InChI=1S/C15H11FO2/c16-13-3-1-2-11(9-13)15(17)12-4-5-14-10(8-12)6-7-18-14/h1-5,8-9H,6-7H2. The summed E-state index contributed by atoms with van der Waals surface area (Å²) in [4.78, 5) is 12.2. The van der Waals surface area contributed by atoms with E-state index in [0.717, 1.165) is 17.7 Å². The highest BCUT2D eigenvalue weighted by molar-refractivity contribution is 6.09. The molecular weight excluding hydrogens is 231 g/mol. The molecule has 1 heterocycles. The summed E-state index contributed by atoms with van der Waals surface area (Å²) in [6.45, 7) is 0.660. The Bertz CT molecular complexity index is 620. The van der Waals surface area contributed by atoms with Gasteiger partial charge < -0.3 is 4.74 Å². The predicted octanol–water partition coefficient (Wildman–Crippen LogP) is 2.99. The van der Waals surface area contributed by atoms with E-state index in [1.807, 2.05) is 6.07 Å². The van der Waals surface area contributed by atoms with E-state index >= 15 is 0 Å². The molecule has 3 rings (SSSR count). The Hall–Kier alpha value is -2.16. The molecule has 2 nitrogen and oxygen atoms in total. The van der Waals surface area contributed by atoms with Gasteiger partial charge in [-0.05, 0) is 35.9 Å². The second-order valence-electron chi connectivity index (χ2n) is 4.26. The molecule has 3 heteroatoms. The number of ether oxygens (including phenoxy) is 1. The quantitative estimate of drug-likeness (QED) is 0.757. The molecule has 1 aliphatic rings. The summed E-state index contributed by atoms with van der Waals surface area (Å²) in [5.74, 6) is 0.278. The van der Waals surface area contributed by atoms with Crippen molar-refractivity contribution in [2.24, 2.45) is 0 Å². The van der Waals surface area contributed by atoms with Gasteiger partial charge in [0.1, 0.15) is 11.6 Å². The van der Waals surface area contributed by atoms with Crippen molar-refractivity contribution in [3.63, 3.8) is 0 Å². The maximum Gasteiger partial charge on any atom is 0.193 e. The van der Waals surface area contributed by atoms with E-state index in [1.54, 1.807) is 24.3 Å². The molecule has 90 valence electrons. The fraction of sp³-hybridized carbons (Fsp3) is 0.133. The molecule has 0 atom stereocenters. The SMILES string of the molecule is O=C(c1cccc(F)c1)c1ccc2c(c1)CCO2. The largest absolute Gasteiger partial charge is 0.493 e. The number of fused-ring (bicyclic) bond motifs is 1. The van der Waals surface area contributed by atoms with Gasteiger partial charge in [0.2, 0.25) is 0 Å². The molecule has 2 aromatic rings. The van der Waals surface area contributed by atoms with E-state index in [-0.39, 0.29) is 5.78 Å². The van der Waals surface area contributed by atoms with Crippen LogP contribution in [0.5, 0.6) is 5.75 Å². The Morgan fingerprint density at radius 1 is 1.11 bits per heavy atom. The van der Waals surface area contributed by atoms with E-state index in [9.17, 15) is 9.18 Å². The lowest BCUT2D eigenvalue weighted by molar-refractivity contribution is 0.103. The van der Waals surface area contributed by atoms with Crippen LogP contribution in [0, 0.1) is 5.82 Å². The van der Waals surface area contributed by atoms with Crippen molar-refractivity contribution in [2.45, 2.75) is 6.42 Å². The van der Waals surface area contributed by atoms with Crippen molar-refractivity contribution < 1.29 is 13.9 Å². The topological polar surface area (TPSA) is 26.3 Å². The molecule has 0 radical (unpaired) electrons. The number of carbonyl (C=O) groups is 1. The maximum absolute atomic E-state index is 13.1. The average Bonchev–Trinajstić information content (AvgIpc) is 2.85. The van der Waals surface area contributed by atoms with Gasteiger partial charge in [0, 0.05) is 17.5 Å². The Morgan fingerprint density at radius 2 is 1.94 bits per heavy atom. The molecule has 0 bridgehead atoms. The van der Waals surface area contributed by atoms with Crippen molar-refractivity contribution in [3.05, 3.63) is 65.0 Å². The summed E-state index contributed by atoms with van der Waals surface area (Å²) >= 11 is 0. The molecule has 0 N–H and O–H groups in total. The lowest BCUT2D eigenvalue weighted by Crippen LogP contribution is -2.02. The zero-order chi connectivity index (χ0) is 12.5. The first-order valence-corrected chi connectivity index (χ1v) is 5.80. The highest BCUT2D eigenvalue weighted by Gasteiger charge is 2.16. The second kappa shape index (κ2) is 4.26. The minimum Gasteiger partial charge on any atom is -0.493 e. The molecule has 18 heavy (non-hydrogen) atoms. The third-order valence-electron chi connectivity index (χ3n) is 3.04. The average molecular weight is 242 g/mol. The van der Waals surface area contributed by atoms with Crippen LogP contribution in [0.2, 0.25) is 0 Å². The zero-order valence-electron chi connectivity index (χ0n) is 9.65. The Balaban J connectivity index is 1.98. The lowest BCUT2D eigenvalue weighted by atomic mass is 10.0. The summed E-state index contributed by atoms with van der Waals surface area (Å²) in [7, 11) is 0. The molecule has 0 amide bonds. The molecule has 1 aliphatic heterocycles. The van der Waals surface area contributed by atoms with Crippen molar-refractivity contribution >= 4 is 5.78 Å². The summed E-state index contributed by atoms with van der Waals surface area (Å²) < 4.78 is 18.5. The molecule has 0 saturated heterocycles. The number of carbonyl (C=O) groups excluding carboxylic acids is 1. The van der Waals surface area contributed by atoms with E-state index in [1.165, 1.54) is 12.1 Å². The van der Waals surface area contributed by atoms with Crippen LogP contribution in [-0.2, 0) is 6.42 Å². The van der Waals surface area contributed by atoms with Gasteiger partial charge in [0.25, 0.3) is 0 Å². The second-order valence-corrected chi connectivity index (χ2v) is 4.26. The smallest absolute Gasteiger partial charge is 0.193 e. The van der Waals surface area contributed by atoms with Crippen LogP contribution in [0.3, 0.4) is 0 Å². The summed E-state index contributed by atoms with van der Waals surface area (Å²) in [6.07, 6.45) is 0.819. The molecule has 0 aromatic heterocycles. The number of ketones is 1. The van der Waals surface area contributed by atoms with Crippen LogP contribution in [0.1, 0.15) is 21.5 Å². The van der Waals surface area contributed by atoms with E-state index in [4.69, 9.17) is 4.74 Å². The number of hydrogen-bond acceptors (Lipinski definition) is 2. The molecule has 0 spiro atoms. The van der Waals surface area contributed by atoms with Crippen molar-refractivity contribution in [2.75, 3.05) is 6.61 Å². The fourth-order valence-electron chi connectivity index (χ4n) is 2.12. The number of hydrogen-bond donors (Lipinski definition) is 0. The van der Waals surface area contributed by atoms with Crippen LogP contribution >= 0.6 is 0 Å². The fourth-order valence-corrected chi connectivity index (χ4v) is 2.12. The van der Waals surface area contributed by atoms with Crippen LogP contribution in [0.15, 0.2) is 42.5 Å². The molecule has 2 aromatic carbocycles. The third-order valence-corrected chi connectivity index (χ3v) is 3.04. The first kappa shape index (κ1) is 11.0. The molecule has 0 saturated carbocycles. The van der Waals surface area contributed by atoms with Gasteiger partial charge in [-0.1, -0.05) is 12.1 Å². The Morgan fingerprint density at radius 3 is 2.78 bits per heavy atom. The minimum absolute atomic E-state index is 0.163. The monoisotopic (exact) mass is 242 g/mol. The van der Waals surface area contributed by atoms with Gasteiger partial charge >= 0.3 is 0 Å². The van der Waals surface area contributed by atoms with Gasteiger partial charge in [-0.25, -0.2) is 4.39 Å². The Labute approximate surface area is 104 Å². The first-order valence-electron chi connectivity index (χ1n) is 5.80. The summed E-state index contributed by atoms with van der Waals surface area (Å²) in [6, 6.07) is 11.1. The molecule has 0 unspecified atom stereocenters. The van der Waals surface area contributed by atoms with Gasteiger partial charge in [-0.2, -0.15) is 0 Å². The zero-order valence-corrected chi connectivity index (χ0v) is 9.65. The van der Waals surface area contributed by atoms with E-state index < -0.39 is 5.82 Å². The lowest BCUT2D eigenvalue weighted by Gasteiger charge is -2.04. The van der Waals surface area contributed by atoms with Gasteiger partial charge in [-0.3, -0.25) is 4.79 Å². The molecule has 0 aliphatic carbocycles. The predicted molar refractivity (Wildman–Crippen MR) is 65.5 cm³/mol. The normalized spacial score (nSPS) is 12.9. The number of halogens is 1. The van der Waals surface area contributed by atoms with Crippen molar-refractivity contribution in [1.82, 2.24) is 0 Å². The maximum atomic E-state index is 13.1. The van der Waals surface area contributed by atoms with Crippen LogP contribution < -0.4 is 4.74 Å². The van der Waals surface area contributed by atoms with Crippen molar-refractivity contribution in [1.29, 1.82) is 0 Å². The first-order chi connectivity index (χ1) is 8.74. The van der Waals surface area contributed by atoms with E-state index in [0.29, 0.717) is 17.7 Å². The van der Waals surface area contributed by atoms with Crippen LogP contribution in [0.25, 0.3) is 0 Å². The third kappa shape index (κ3) is 1.88. The highest BCUT2D eigenvalue weighted by atomic mass is 19.1. The number of rotatable bonds is 2. The molecule has 0 fully saturated rings. The highest BCUT2D eigenvalue weighted by Crippen LogP contribution is 2.26. The van der Waals surface area contributed by atoms with Gasteiger partial charge in [0.15, 0.2) is 5.78 Å². The van der Waals surface area contributed by atoms with Crippen molar-refractivity contribution in [3.8, 4) is 5.75 Å². The van der Waals surface area contributed by atoms with Gasteiger partial charge in [0.05, 0.1) is 6.61 Å². The Kier molecular flexibility index (Phi) is 2.59. The summed E-state index contributed by atoms with van der Waals surface area (Å²) in [5.41, 5.74) is 1.98. The van der Waals surface area contributed by atoms with E-state index in [2.05, 4.69) is 0 Å². The minimum atomic E-state index is -0.398. The number of benzene rings is 2.